The van der Waals surface area contributed by atoms with Crippen LogP contribution >= 0.6 is 12.4 Å². The van der Waals surface area contributed by atoms with Gasteiger partial charge in [0.05, 0.1) is 0 Å². The van der Waals surface area contributed by atoms with Gasteiger partial charge in [0.1, 0.15) is 0 Å². The third-order valence-electron chi connectivity index (χ3n) is 3.09. The molecule has 1 heterocycles. The molecule has 2 nitrogen and oxygen atoms in total. The van der Waals surface area contributed by atoms with Crippen molar-refractivity contribution >= 4 is 12.4 Å². The van der Waals surface area contributed by atoms with E-state index in [0.717, 1.165) is 13.1 Å². The number of pyridine rings is 1. The van der Waals surface area contributed by atoms with Gasteiger partial charge in [0.25, 0.3) is 0 Å². The van der Waals surface area contributed by atoms with Gasteiger partial charge in [-0.05, 0) is 56.3 Å². The minimum atomic E-state index is 0. The number of halogens is 1. The molecule has 0 saturated carbocycles. The van der Waals surface area contributed by atoms with Crippen molar-refractivity contribution in [3.05, 3.63) is 41.7 Å². The summed E-state index contributed by atoms with van der Waals surface area (Å²) in [6.07, 6.45) is 12.7. The fourth-order valence-electron chi connectivity index (χ4n) is 2.11. The van der Waals surface area contributed by atoms with Gasteiger partial charge in [0.15, 0.2) is 0 Å². The number of nitrogens with zero attached hydrogens (tertiary/aromatic N) is 1. The average Bonchev–Trinajstić information content (AvgIpc) is 2.37. The number of nitrogens with one attached hydrogen (secondary N) is 1. The second-order valence-corrected chi connectivity index (χ2v) is 4.39. The van der Waals surface area contributed by atoms with E-state index in [1.807, 2.05) is 12.4 Å². The summed E-state index contributed by atoms with van der Waals surface area (Å²) in [5.74, 6) is 0. The first-order chi connectivity index (χ1) is 7.95. The summed E-state index contributed by atoms with van der Waals surface area (Å²) in [6.45, 7) is 2.05. The molecule has 0 unspecified atom stereocenters. The van der Waals surface area contributed by atoms with Gasteiger partial charge in [-0.25, -0.2) is 0 Å². The van der Waals surface area contributed by atoms with E-state index in [9.17, 15) is 0 Å². The number of aromatic nitrogens is 1. The van der Waals surface area contributed by atoms with Crippen LogP contribution in [0.1, 0.15) is 37.7 Å². The third-order valence-corrected chi connectivity index (χ3v) is 3.09. The minimum Gasteiger partial charge on any atom is -0.312 e. The van der Waals surface area contributed by atoms with Crippen LogP contribution in [0.2, 0.25) is 0 Å². The summed E-state index contributed by atoms with van der Waals surface area (Å²) >= 11 is 0. The summed E-state index contributed by atoms with van der Waals surface area (Å²) in [7, 11) is 0. The Morgan fingerprint density at radius 3 is 2.71 bits per heavy atom. The van der Waals surface area contributed by atoms with Gasteiger partial charge >= 0.3 is 0 Å². The third kappa shape index (κ3) is 5.33. The Labute approximate surface area is 110 Å². The normalized spacial score (nSPS) is 14.9. The molecule has 0 radical (unpaired) electrons. The van der Waals surface area contributed by atoms with E-state index >= 15 is 0 Å². The summed E-state index contributed by atoms with van der Waals surface area (Å²) in [5, 5.41) is 3.48. The molecule has 0 atom stereocenters. The molecule has 0 bridgehead atoms. The van der Waals surface area contributed by atoms with E-state index in [1.54, 1.807) is 5.57 Å². The Bertz CT molecular complexity index is 335. The van der Waals surface area contributed by atoms with Gasteiger partial charge in [0, 0.05) is 18.9 Å². The number of hydrogen-bond acceptors (Lipinski definition) is 2. The maximum absolute atomic E-state index is 4.01. The highest BCUT2D eigenvalue weighted by atomic mass is 35.5. The van der Waals surface area contributed by atoms with Crippen LogP contribution in [0.5, 0.6) is 0 Å². The zero-order valence-electron chi connectivity index (χ0n) is 10.2. The molecule has 2 rings (SSSR count). The number of hydrogen-bond donors (Lipinski definition) is 1. The quantitative estimate of drug-likeness (QED) is 0.641. The van der Waals surface area contributed by atoms with Gasteiger partial charge in [0.2, 0.25) is 0 Å². The zero-order chi connectivity index (χ0) is 11.1. The van der Waals surface area contributed by atoms with E-state index in [-0.39, 0.29) is 12.4 Å². The number of rotatable bonds is 5. The summed E-state index contributed by atoms with van der Waals surface area (Å²) in [5.41, 5.74) is 2.96. The lowest BCUT2D eigenvalue weighted by Gasteiger charge is -2.12. The second kappa shape index (κ2) is 8.26. The van der Waals surface area contributed by atoms with Gasteiger partial charge in [-0.2, -0.15) is 0 Å². The molecule has 3 heteroatoms. The van der Waals surface area contributed by atoms with Crippen molar-refractivity contribution in [1.82, 2.24) is 10.3 Å². The summed E-state index contributed by atoms with van der Waals surface area (Å²) in [4.78, 5) is 4.01. The van der Waals surface area contributed by atoms with E-state index < -0.39 is 0 Å². The van der Waals surface area contributed by atoms with Crippen molar-refractivity contribution in [3.63, 3.8) is 0 Å². The molecule has 1 aliphatic carbocycles. The van der Waals surface area contributed by atoms with Gasteiger partial charge < -0.3 is 5.32 Å². The molecule has 94 valence electrons. The SMILES string of the molecule is C1=C(CCNCc2ccncc2)CCCC1.Cl. The smallest absolute Gasteiger partial charge is 0.0271 e. The summed E-state index contributed by atoms with van der Waals surface area (Å²) in [6, 6.07) is 4.12. The van der Waals surface area contributed by atoms with Crippen LogP contribution in [0, 0.1) is 0 Å². The Morgan fingerprint density at radius 2 is 2.00 bits per heavy atom. The van der Waals surface area contributed by atoms with Crippen LogP contribution < -0.4 is 5.32 Å². The Balaban J connectivity index is 0.00000144. The van der Waals surface area contributed by atoms with Crippen LogP contribution in [0.15, 0.2) is 36.2 Å². The van der Waals surface area contributed by atoms with Crippen molar-refractivity contribution in [1.29, 1.82) is 0 Å². The molecule has 1 aromatic heterocycles. The molecular formula is C14H21ClN2. The molecule has 0 spiro atoms. The fourth-order valence-corrected chi connectivity index (χ4v) is 2.11. The molecule has 17 heavy (non-hydrogen) atoms. The molecule has 0 saturated heterocycles. The van der Waals surface area contributed by atoms with E-state index in [2.05, 4.69) is 28.5 Å². The van der Waals surface area contributed by atoms with Crippen molar-refractivity contribution < 1.29 is 0 Å². The van der Waals surface area contributed by atoms with E-state index in [1.165, 1.54) is 37.7 Å². The van der Waals surface area contributed by atoms with Gasteiger partial charge in [-0.3, -0.25) is 4.98 Å². The predicted molar refractivity (Wildman–Crippen MR) is 74.4 cm³/mol. The topological polar surface area (TPSA) is 24.9 Å². The first kappa shape index (κ1) is 14.2. The Hall–Kier alpha value is -0.860. The maximum atomic E-state index is 4.01. The van der Waals surface area contributed by atoms with Gasteiger partial charge in [-0.1, -0.05) is 11.6 Å². The molecule has 0 aromatic carbocycles. The van der Waals surface area contributed by atoms with Crippen LogP contribution in [-0.2, 0) is 6.54 Å². The lowest BCUT2D eigenvalue weighted by atomic mass is 9.97. The first-order valence-electron chi connectivity index (χ1n) is 6.23. The maximum Gasteiger partial charge on any atom is 0.0271 e. The van der Waals surface area contributed by atoms with E-state index in [0.29, 0.717) is 0 Å². The Morgan fingerprint density at radius 1 is 1.18 bits per heavy atom. The lowest BCUT2D eigenvalue weighted by Crippen LogP contribution is -2.15. The van der Waals surface area contributed by atoms with Crippen molar-refractivity contribution in [2.75, 3.05) is 6.54 Å². The lowest BCUT2D eigenvalue weighted by molar-refractivity contribution is 0.632. The fraction of sp³-hybridized carbons (Fsp3) is 0.500. The van der Waals surface area contributed by atoms with Crippen LogP contribution in [0.25, 0.3) is 0 Å². The predicted octanol–water partition coefficient (Wildman–Crippen LogP) is 3.48. The van der Waals surface area contributed by atoms with E-state index in [4.69, 9.17) is 0 Å². The average molecular weight is 253 g/mol. The highest BCUT2D eigenvalue weighted by Gasteiger charge is 2.02. The second-order valence-electron chi connectivity index (χ2n) is 4.39. The summed E-state index contributed by atoms with van der Waals surface area (Å²) < 4.78 is 0. The minimum absolute atomic E-state index is 0. The molecule has 0 fully saturated rings. The largest absolute Gasteiger partial charge is 0.312 e. The van der Waals surface area contributed by atoms with Crippen molar-refractivity contribution in [2.45, 2.75) is 38.6 Å². The van der Waals surface area contributed by atoms with Crippen LogP contribution in [-0.4, -0.2) is 11.5 Å². The zero-order valence-corrected chi connectivity index (χ0v) is 11.0. The van der Waals surface area contributed by atoms with Crippen molar-refractivity contribution in [3.8, 4) is 0 Å². The monoisotopic (exact) mass is 252 g/mol. The van der Waals surface area contributed by atoms with Crippen LogP contribution in [0.3, 0.4) is 0 Å². The number of allylic oxidation sites excluding steroid dienone is 1. The highest BCUT2D eigenvalue weighted by molar-refractivity contribution is 5.85. The van der Waals surface area contributed by atoms with Crippen LogP contribution in [0.4, 0.5) is 0 Å². The molecular weight excluding hydrogens is 232 g/mol. The standard InChI is InChI=1S/C14H20N2.ClH/c1-2-4-13(5-3-1)6-11-16-12-14-7-9-15-10-8-14;/h4,7-10,16H,1-3,5-6,11-12H2;1H. The molecule has 0 amide bonds. The first-order valence-corrected chi connectivity index (χ1v) is 6.23. The highest BCUT2D eigenvalue weighted by Crippen LogP contribution is 2.19. The Kier molecular flexibility index (Phi) is 6.90. The molecule has 1 aromatic rings. The molecule has 1 aliphatic rings. The van der Waals surface area contributed by atoms with Gasteiger partial charge in [-0.15, -0.1) is 12.4 Å². The molecule has 0 aliphatic heterocycles. The van der Waals surface area contributed by atoms with Crippen molar-refractivity contribution in [2.24, 2.45) is 0 Å². The molecule has 1 N–H and O–H groups in total.